The van der Waals surface area contributed by atoms with E-state index in [0.717, 1.165) is 14.4 Å². The third-order valence-corrected chi connectivity index (χ3v) is 4.25. The molecule has 0 N–H and O–H groups in total. The van der Waals surface area contributed by atoms with Crippen LogP contribution in [-0.2, 0) is 0 Å². The highest BCUT2D eigenvalue weighted by molar-refractivity contribution is 9.11. The van der Waals surface area contributed by atoms with E-state index < -0.39 is 0 Å². The predicted octanol–water partition coefficient (Wildman–Crippen LogP) is 5.41. The van der Waals surface area contributed by atoms with E-state index in [0.29, 0.717) is 0 Å². The molecule has 0 atom stereocenters. The lowest BCUT2D eigenvalue weighted by Crippen LogP contribution is -1.75. The second-order valence-electron chi connectivity index (χ2n) is 3.90. The monoisotopic (exact) mass is 315 g/mol. The fraction of sp³-hybridized carbons (Fsp3) is 0. The summed E-state index contributed by atoms with van der Waals surface area (Å²) < 4.78 is 1.13. The molecule has 2 aromatic carbocycles. The van der Waals surface area contributed by atoms with E-state index >= 15 is 0 Å². The van der Waals surface area contributed by atoms with E-state index in [2.05, 4.69) is 45.2 Å². The van der Waals surface area contributed by atoms with Gasteiger partial charge in [-0.25, -0.2) is 0 Å². The van der Waals surface area contributed by atoms with Gasteiger partial charge in [-0.2, -0.15) is 0 Å². The molecule has 18 heavy (non-hydrogen) atoms. The molecule has 1 heterocycles. The molecule has 3 heteroatoms. The maximum absolute atomic E-state index is 4.58. The zero-order valence-corrected chi connectivity index (χ0v) is 11.9. The van der Waals surface area contributed by atoms with Crippen LogP contribution < -0.4 is 0 Å². The molecule has 0 radical (unpaired) electrons. The zero-order valence-electron chi connectivity index (χ0n) is 9.51. The van der Waals surface area contributed by atoms with Gasteiger partial charge in [0.15, 0.2) is 0 Å². The number of hydrogen-bond donors (Lipinski definition) is 0. The van der Waals surface area contributed by atoms with Gasteiger partial charge in [-0.3, -0.25) is 4.99 Å². The van der Waals surface area contributed by atoms with E-state index in [-0.39, 0.29) is 0 Å². The van der Waals surface area contributed by atoms with Crippen molar-refractivity contribution in [3.63, 3.8) is 0 Å². The molecular weight excluding hydrogens is 306 g/mol. The molecule has 1 nitrogen and oxygen atoms in total. The van der Waals surface area contributed by atoms with Crippen molar-refractivity contribution in [3.8, 4) is 0 Å². The second-order valence-corrected chi connectivity index (χ2v) is 6.39. The Labute approximate surface area is 118 Å². The predicted molar refractivity (Wildman–Crippen MR) is 83.2 cm³/mol. The number of aliphatic imine (C=N–C) groups is 1. The van der Waals surface area contributed by atoms with Crippen molar-refractivity contribution in [2.24, 2.45) is 4.99 Å². The lowest BCUT2D eigenvalue weighted by molar-refractivity contribution is 1.58. The number of thiophene rings is 1. The van der Waals surface area contributed by atoms with Crippen LogP contribution in [0.3, 0.4) is 0 Å². The lowest BCUT2D eigenvalue weighted by atomic mass is 10.1. The second kappa shape index (κ2) is 5.04. The number of fused-ring (bicyclic) bond motifs is 1. The molecule has 3 aromatic rings. The fourth-order valence-corrected chi connectivity index (χ4v) is 3.15. The molecule has 0 bridgehead atoms. The summed E-state index contributed by atoms with van der Waals surface area (Å²) in [7, 11) is 0. The molecule has 0 amide bonds. The first-order chi connectivity index (χ1) is 8.83. The Bertz CT molecular complexity index is 710. The van der Waals surface area contributed by atoms with Crippen molar-refractivity contribution in [1.29, 1.82) is 0 Å². The minimum absolute atomic E-state index is 1.01. The summed E-state index contributed by atoms with van der Waals surface area (Å²) in [6.45, 7) is 0. The molecule has 0 unspecified atom stereocenters. The van der Waals surface area contributed by atoms with Crippen molar-refractivity contribution in [1.82, 2.24) is 0 Å². The van der Waals surface area contributed by atoms with Crippen LogP contribution in [0.15, 0.2) is 63.4 Å². The van der Waals surface area contributed by atoms with Crippen molar-refractivity contribution in [3.05, 3.63) is 63.3 Å². The van der Waals surface area contributed by atoms with E-state index in [1.807, 2.05) is 36.5 Å². The Morgan fingerprint density at radius 2 is 1.78 bits per heavy atom. The van der Waals surface area contributed by atoms with E-state index in [1.54, 1.807) is 11.3 Å². The topological polar surface area (TPSA) is 12.4 Å². The average molecular weight is 316 g/mol. The summed E-state index contributed by atoms with van der Waals surface area (Å²) in [6.07, 6.45) is 1.91. The Morgan fingerprint density at radius 1 is 0.944 bits per heavy atom. The Morgan fingerprint density at radius 3 is 2.61 bits per heavy atom. The van der Waals surface area contributed by atoms with Crippen molar-refractivity contribution < 1.29 is 0 Å². The summed E-state index contributed by atoms with van der Waals surface area (Å²) in [5, 5.41) is 2.41. The molecule has 1 aromatic heterocycles. The van der Waals surface area contributed by atoms with Crippen molar-refractivity contribution in [2.75, 3.05) is 0 Å². The first kappa shape index (κ1) is 11.6. The number of rotatable bonds is 2. The number of benzene rings is 2. The zero-order chi connectivity index (χ0) is 12.4. The van der Waals surface area contributed by atoms with E-state index in [1.165, 1.54) is 10.8 Å². The molecular formula is C15H10BrNS. The van der Waals surface area contributed by atoms with Gasteiger partial charge in [0.05, 0.1) is 9.47 Å². The standard InChI is InChI=1S/C15H10BrNS/c16-15-9-8-12(18-15)10-17-14-7-3-5-11-4-1-2-6-13(11)14/h1-10H. The van der Waals surface area contributed by atoms with Crippen LogP contribution in [0.1, 0.15) is 4.88 Å². The van der Waals surface area contributed by atoms with Crippen molar-refractivity contribution in [2.45, 2.75) is 0 Å². The van der Waals surface area contributed by atoms with Crippen LogP contribution in [0.4, 0.5) is 5.69 Å². The highest BCUT2D eigenvalue weighted by atomic mass is 79.9. The molecule has 0 aliphatic carbocycles. The third kappa shape index (κ3) is 2.37. The quantitative estimate of drug-likeness (QED) is 0.560. The van der Waals surface area contributed by atoms with E-state index in [9.17, 15) is 0 Å². The van der Waals surface area contributed by atoms with Crippen LogP contribution in [0.25, 0.3) is 10.8 Å². The third-order valence-electron chi connectivity index (χ3n) is 2.69. The first-order valence-electron chi connectivity index (χ1n) is 5.60. The largest absolute Gasteiger partial charge is 0.255 e. The summed E-state index contributed by atoms with van der Waals surface area (Å²) in [5.74, 6) is 0. The Kier molecular flexibility index (Phi) is 3.26. The molecule has 0 saturated heterocycles. The van der Waals surface area contributed by atoms with Crippen molar-refractivity contribution >= 4 is 49.9 Å². The van der Waals surface area contributed by atoms with Gasteiger partial charge < -0.3 is 0 Å². The van der Waals surface area contributed by atoms with Gasteiger partial charge in [-0.1, -0.05) is 36.4 Å². The highest BCUT2D eigenvalue weighted by Crippen LogP contribution is 2.26. The number of halogens is 1. The van der Waals surface area contributed by atoms with Crippen LogP contribution in [0, 0.1) is 0 Å². The van der Waals surface area contributed by atoms with Gasteiger partial charge in [0.1, 0.15) is 0 Å². The maximum Gasteiger partial charge on any atom is 0.0708 e. The molecule has 88 valence electrons. The van der Waals surface area contributed by atoms with Crippen LogP contribution in [0.2, 0.25) is 0 Å². The Hall–Kier alpha value is -1.45. The summed E-state index contributed by atoms with van der Waals surface area (Å²) in [6, 6.07) is 18.6. The van der Waals surface area contributed by atoms with Gasteiger partial charge >= 0.3 is 0 Å². The number of hydrogen-bond acceptors (Lipinski definition) is 2. The number of nitrogens with zero attached hydrogens (tertiary/aromatic N) is 1. The van der Waals surface area contributed by atoms with Gasteiger partial charge in [-0.05, 0) is 39.5 Å². The highest BCUT2D eigenvalue weighted by Gasteiger charge is 1.98. The minimum Gasteiger partial charge on any atom is -0.255 e. The van der Waals surface area contributed by atoms with Gasteiger partial charge in [-0.15, -0.1) is 11.3 Å². The lowest BCUT2D eigenvalue weighted by Gasteiger charge is -2.00. The summed E-state index contributed by atoms with van der Waals surface area (Å²) in [4.78, 5) is 5.73. The molecule has 0 aliphatic heterocycles. The van der Waals surface area contributed by atoms with Gasteiger partial charge in [0.25, 0.3) is 0 Å². The van der Waals surface area contributed by atoms with Gasteiger partial charge in [0.2, 0.25) is 0 Å². The van der Waals surface area contributed by atoms with E-state index in [4.69, 9.17) is 0 Å². The molecule has 3 rings (SSSR count). The summed E-state index contributed by atoms with van der Waals surface area (Å²) in [5.41, 5.74) is 1.01. The molecule has 0 aliphatic rings. The Balaban J connectivity index is 2.02. The molecule has 0 fully saturated rings. The average Bonchev–Trinajstić information content (AvgIpc) is 2.82. The SMILES string of the molecule is Brc1ccc(C=Nc2cccc3ccccc23)s1. The maximum atomic E-state index is 4.58. The smallest absolute Gasteiger partial charge is 0.0708 e. The first-order valence-corrected chi connectivity index (χ1v) is 7.21. The van der Waals surface area contributed by atoms with Crippen LogP contribution >= 0.6 is 27.3 Å². The fourth-order valence-electron chi connectivity index (χ4n) is 1.85. The molecule has 0 spiro atoms. The summed E-state index contributed by atoms with van der Waals surface area (Å²) >= 11 is 5.13. The minimum atomic E-state index is 1.01. The normalized spacial score (nSPS) is 11.4. The van der Waals surface area contributed by atoms with Crippen LogP contribution in [-0.4, -0.2) is 6.21 Å². The van der Waals surface area contributed by atoms with Gasteiger partial charge in [0, 0.05) is 16.5 Å². The van der Waals surface area contributed by atoms with Crippen LogP contribution in [0.5, 0.6) is 0 Å². The molecule has 0 saturated carbocycles.